The molecule has 0 saturated carbocycles. The minimum atomic E-state index is -3.68. The lowest BCUT2D eigenvalue weighted by Gasteiger charge is -2.11. The van der Waals surface area contributed by atoms with Crippen LogP contribution in [0.4, 0.5) is 5.69 Å². The van der Waals surface area contributed by atoms with E-state index in [-0.39, 0.29) is 10.8 Å². The van der Waals surface area contributed by atoms with Crippen molar-refractivity contribution >= 4 is 31.6 Å². The molecule has 1 heterocycles. The highest BCUT2D eigenvalue weighted by Crippen LogP contribution is 2.25. The molecule has 5 nitrogen and oxygen atoms in total. The van der Waals surface area contributed by atoms with E-state index in [0.29, 0.717) is 16.8 Å². The van der Waals surface area contributed by atoms with E-state index in [2.05, 4.69) is 25.6 Å². The summed E-state index contributed by atoms with van der Waals surface area (Å²) < 4.78 is 33.1. The van der Waals surface area contributed by atoms with E-state index in [1.54, 1.807) is 37.4 Å². The van der Waals surface area contributed by atoms with Crippen LogP contribution in [0.3, 0.4) is 0 Å². The Morgan fingerprint density at radius 3 is 2.80 bits per heavy atom. The number of ether oxygens (including phenoxy) is 1. The molecule has 0 saturated heterocycles. The first-order chi connectivity index (χ1) is 9.53. The minimum Gasteiger partial charge on any atom is -0.476 e. The molecular formula is C13H13BrN2O3S. The maximum absolute atomic E-state index is 12.3. The van der Waals surface area contributed by atoms with Crippen molar-refractivity contribution in [2.24, 2.45) is 0 Å². The monoisotopic (exact) mass is 356 g/mol. The molecule has 0 atom stereocenters. The predicted molar refractivity (Wildman–Crippen MR) is 80.4 cm³/mol. The van der Waals surface area contributed by atoms with Crippen LogP contribution in [0, 0.1) is 0 Å². The second-order valence-electron chi connectivity index (χ2n) is 3.85. The van der Waals surface area contributed by atoms with Crippen LogP contribution in [-0.4, -0.2) is 20.0 Å². The Kier molecular flexibility index (Phi) is 4.61. The Morgan fingerprint density at radius 1 is 1.30 bits per heavy atom. The maximum atomic E-state index is 12.3. The van der Waals surface area contributed by atoms with Crippen LogP contribution in [0.25, 0.3) is 0 Å². The van der Waals surface area contributed by atoms with Gasteiger partial charge in [-0.1, -0.05) is 22.0 Å². The predicted octanol–water partition coefficient (Wildman–Crippen LogP) is 3.04. The number of nitrogens with zero attached hydrogens (tertiary/aromatic N) is 1. The Morgan fingerprint density at radius 2 is 2.10 bits per heavy atom. The van der Waals surface area contributed by atoms with E-state index in [9.17, 15) is 8.42 Å². The molecule has 0 aliphatic carbocycles. The number of nitrogens with one attached hydrogen (secondary N) is 1. The lowest BCUT2D eigenvalue weighted by molar-refractivity contribution is 0.329. The Labute approximate surface area is 126 Å². The highest BCUT2D eigenvalue weighted by atomic mass is 79.9. The van der Waals surface area contributed by atoms with Crippen LogP contribution in [0.2, 0.25) is 0 Å². The van der Waals surface area contributed by atoms with Gasteiger partial charge in [0.25, 0.3) is 10.0 Å². The second-order valence-corrected chi connectivity index (χ2v) is 6.45. The molecule has 0 spiro atoms. The maximum Gasteiger partial charge on any atom is 0.262 e. The van der Waals surface area contributed by atoms with Crippen LogP contribution in [-0.2, 0) is 10.0 Å². The van der Waals surface area contributed by atoms with Gasteiger partial charge >= 0.3 is 0 Å². The molecule has 1 aromatic carbocycles. The third-order valence-corrected chi connectivity index (χ3v) is 4.26. The quantitative estimate of drug-likeness (QED) is 0.893. The molecule has 0 amide bonds. The molecule has 1 aromatic heterocycles. The molecule has 0 radical (unpaired) electrons. The third kappa shape index (κ3) is 3.49. The van der Waals surface area contributed by atoms with Gasteiger partial charge in [-0.05, 0) is 37.3 Å². The summed E-state index contributed by atoms with van der Waals surface area (Å²) in [6.45, 7) is 2.21. The number of sulfonamides is 1. The van der Waals surface area contributed by atoms with Crippen LogP contribution in [0.5, 0.6) is 5.88 Å². The second kappa shape index (κ2) is 6.23. The fourth-order valence-electron chi connectivity index (χ4n) is 1.56. The summed E-state index contributed by atoms with van der Waals surface area (Å²) in [5.41, 5.74) is 0.314. The summed E-state index contributed by atoms with van der Waals surface area (Å²) in [7, 11) is -3.68. The Hall–Kier alpha value is -1.60. The molecule has 106 valence electrons. The lowest BCUT2D eigenvalue weighted by atomic mass is 10.4. The third-order valence-electron chi connectivity index (χ3n) is 2.40. The molecule has 2 aromatic rings. The van der Waals surface area contributed by atoms with Gasteiger partial charge in [0, 0.05) is 10.7 Å². The zero-order chi connectivity index (χ0) is 14.6. The summed E-state index contributed by atoms with van der Waals surface area (Å²) in [6.07, 6.45) is 1.54. The number of rotatable bonds is 5. The van der Waals surface area contributed by atoms with Crippen LogP contribution >= 0.6 is 15.9 Å². The Balaban J connectivity index is 2.34. The molecule has 0 aliphatic rings. The van der Waals surface area contributed by atoms with Crippen molar-refractivity contribution in [2.75, 3.05) is 11.3 Å². The van der Waals surface area contributed by atoms with E-state index in [4.69, 9.17) is 4.74 Å². The van der Waals surface area contributed by atoms with Crippen LogP contribution in [0.15, 0.2) is 52.0 Å². The molecule has 0 fully saturated rings. The highest BCUT2D eigenvalue weighted by Gasteiger charge is 2.17. The number of benzene rings is 1. The first-order valence-corrected chi connectivity index (χ1v) is 8.17. The fraction of sp³-hybridized carbons (Fsp3) is 0.154. The van der Waals surface area contributed by atoms with E-state index in [1.165, 1.54) is 12.1 Å². The summed E-state index contributed by atoms with van der Waals surface area (Å²) >= 11 is 3.25. The van der Waals surface area contributed by atoms with Crippen LogP contribution < -0.4 is 9.46 Å². The molecule has 0 aliphatic heterocycles. The zero-order valence-electron chi connectivity index (χ0n) is 10.7. The van der Waals surface area contributed by atoms with Crippen molar-refractivity contribution in [1.29, 1.82) is 0 Å². The van der Waals surface area contributed by atoms with Crippen molar-refractivity contribution in [2.45, 2.75) is 11.8 Å². The van der Waals surface area contributed by atoms with E-state index in [1.807, 2.05) is 0 Å². The zero-order valence-corrected chi connectivity index (χ0v) is 13.1. The lowest BCUT2D eigenvalue weighted by Crippen LogP contribution is -2.14. The smallest absolute Gasteiger partial charge is 0.262 e. The largest absolute Gasteiger partial charge is 0.476 e. The average molecular weight is 357 g/mol. The van der Waals surface area contributed by atoms with E-state index < -0.39 is 10.0 Å². The highest BCUT2D eigenvalue weighted by molar-refractivity contribution is 9.10. The number of aromatic nitrogens is 1. The molecule has 20 heavy (non-hydrogen) atoms. The molecule has 7 heteroatoms. The SMILES string of the molecule is CCOc1ncccc1NS(=O)(=O)c1cccc(Br)c1. The van der Waals surface area contributed by atoms with E-state index in [0.717, 1.165) is 0 Å². The summed E-state index contributed by atoms with van der Waals surface area (Å²) in [4.78, 5) is 4.17. The van der Waals surface area contributed by atoms with Gasteiger partial charge in [0.15, 0.2) is 0 Å². The van der Waals surface area contributed by atoms with Crippen molar-refractivity contribution in [3.8, 4) is 5.88 Å². The van der Waals surface area contributed by atoms with Gasteiger partial charge in [-0.3, -0.25) is 4.72 Å². The topological polar surface area (TPSA) is 68.3 Å². The van der Waals surface area contributed by atoms with Crippen molar-refractivity contribution in [3.63, 3.8) is 0 Å². The number of anilines is 1. The normalized spacial score (nSPS) is 11.1. The first-order valence-electron chi connectivity index (χ1n) is 5.89. The van der Waals surface area contributed by atoms with Crippen molar-refractivity contribution < 1.29 is 13.2 Å². The van der Waals surface area contributed by atoms with Crippen LogP contribution in [0.1, 0.15) is 6.92 Å². The van der Waals surface area contributed by atoms with Gasteiger partial charge < -0.3 is 4.74 Å². The van der Waals surface area contributed by atoms with Crippen molar-refractivity contribution in [3.05, 3.63) is 47.1 Å². The molecule has 2 rings (SSSR count). The van der Waals surface area contributed by atoms with Crippen molar-refractivity contribution in [1.82, 2.24) is 4.98 Å². The first kappa shape index (κ1) is 14.8. The Bertz CT molecular complexity index is 704. The van der Waals surface area contributed by atoms with Gasteiger partial charge in [0.1, 0.15) is 5.69 Å². The molecule has 0 unspecified atom stereocenters. The number of halogens is 1. The number of hydrogen-bond acceptors (Lipinski definition) is 4. The summed E-state index contributed by atoms with van der Waals surface area (Å²) in [6, 6.07) is 9.71. The van der Waals surface area contributed by atoms with Gasteiger partial charge in [0.2, 0.25) is 5.88 Å². The number of hydrogen-bond donors (Lipinski definition) is 1. The fourth-order valence-corrected chi connectivity index (χ4v) is 3.21. The minimum absolute atomic E-state index is 0.165. The standard InChI is InChI=1S/C13H13BrN2O3S/c1-2-19-13-12(7-4-8-15-13)16-20(17,18)11-6-3-5-10(14)9-11/h3-9,16H,2H2,1H3. The molecule has 0 bridgehead atoms. The van der Waals surface area contributed by atoms with Gasteiger partial charge in [-0.2, -0.15) is 0 Å². The average Bonchev–Trinajstić information content (AvgIpc) is 2.41. The number of pyridine rings is 1. The van der Waals surface area contributed by atoms with Gasteiger partial charge in [0.05, 0.1) is 11.5 Å². The van der Waals surface area contributed by atoms with E-state index >= 15 is 0 Å². The summed E-state index contributed by atoms with van der Waals surface area (Å²) in [5.74, 6) is 0.258. The molecule has 1 N–H and O–H groups in total. The van der Waals surface area contributed by atoms with Gasteiger partial charge in [-0.15, -0.1) is 0 Å². The summed E-state index contributed by atoms with van der Waals surface area (Å²) in [5, 5.41) is 0. The molecular weight excluding hydrogens is 344 g/mol. The van der Waals surface area contributed by atoms with Gasteiger partial charge in [-0.25, -0.2) is 13.4 Å².